The third kappa shape index (κ3) is 1.66. The molecule has 0 unspecified atom stereocenters. The summed E-state index contributed by atoms with van der Waals surface area (Å²) in [6.07, 6.45) is 1.44. The number of aromatic nitrogens is 2. The number of nitrogens with two attached hydrogens (primary N) is 1. The highest BCUT2D eigenvalue weighted by Gasteiger charge is 2.21. The van der Waals surface area contributed by atoms with Crippen LogP contribution in [0.4, 0.5) is 5.82 Å². The number of hydrogen-bond acceptors (Lipinski definition) is 5. The Morgan fingerprint density at radius 1 is 1.54 bits per heavy atom. The van der Waals surface area contributed by atoms with Gasteiger partial charge in [0.15, 0.2) is 16.7 Å². The van der Waals surface area contributed by atoms with Crippen molar-refractivity contribution in [2.24, 2.45) is 0 Å². The van der Waals surface area contributed by atoms with Gasteiger partial charge in [0.05, 0.1) is 0 Å². The molecule has 1 aromatic rings. The lowest BCUT2D eigenvalue weighted by Gasteiger charge is -2.28. The Kier molecular flexibility index (Phi) is 2.20. The van der Waals surface area contributed by atoms with Gasteiger partial charge in [0.1, 0.15) is 12.4 Å². The van der Waals surface area contributed by atoms with Crippen LogP contribution in [-0.4, -0.2) is 29.2 Å². The molecule has 1 aliphatic heterocycles. The smallest absolute Gasteiger partial charge is 0.199 e. The van der Waals surface area contributed by atoms with Crippen LogP contribution in [0.1, 0.15) is 0 Å². The average molecular weight is 201 g/mol. The lowest BCUT2D eigenvalue weighted by Crippen LogP contribution is -2.50. The van der Waals surface area contributed by atoms with E-state index in [9.17, 15) is 0 Å². The zero-order valence-corrected chi connectivity index (χ0v) is 7.58. The highest BCUT2D eigenvalue weighted by atomic mass is 35.5. The van der Waals surface area contributed by atoms with Gasteiger partial charge in [-0.05, 0) is 0 Å². The second-order valence-electron chi connectivity index (χ2n) is 2.78. The molecule has 5 nitrogen and oxygen atoms in total. The molecular formula is C7H9ClN4O. The normalized spacial score (nSPS) is 16.7. The molecule has 2 heterocycles. The molecule has 70 valence electrons. The molecule has 1 aromatic heterocycles. The summed E-state index contributed by atoms with van der Waals surface area (Å²) in [5, 5.41) is 3.33. The predicted octanol–water partition coefficient (Wildman–Crippen LogP) is 0.0628. The molecule has 0 bridgehead atoms. The van der Waals surface area contributed by atoms with Crippen LogP contribution in [0.3, 0.4) is 0 Å². The number of nitrogen functional groups attached to an aromatic ring is 1. The minimum atomic E-state index is 0.130. The summed E-state index contributed by atoms with van der Waals surface area (Å²) in [4.78, 5) is 7.57. The maximum Gasteiger partial charge on any atom is 0.199 e. The quantitative estimate of drug-likeness (QED) is 0.661. The van der Waals surface area contributed by atoms with Crippen molar-refractivity contribution in [3.05, 3.63) is 11.5 Å². The number of nitrogens with one attached hydrogen (secondary N) is 1. The number of rotatable bonds is 2. The van der Waals surface area contributed by atoms with Crippen molar-refractivity contribution in [2.45, 2.75) is 6.10 Å². The van der Waals surface area contributed by atoms with Gasteiger partial charge in [0, 0.05) is 13.1 Å². The Balaban J connectivity index is 2.17. The van der Waals surface area contributed by atoms with Gasteiger partial charge in [-0.2, -0.15) is 0 Å². The van der Waals surface area contributed by atoms with Crippen LogP contribution >= 0.6 is 11.6 Å². The Hall–Kier alpha value is -1.07. The summed E-state index contributed by atoms with van der Waals surface area (Å²) in [5.74, 6) is 0.669. The van der Waals surface area contributed by atoms with Crippen LogP contribution in [0, 0.1) is 0 Å². The SMILES string of the molecule is Nc1ncnc(Cl)c1OC1CNC1. The second kappa shape index (κ2) is 3.35. The van der Waals surface area contributed by atoms with Crippen molar-refractivity contribution in [1.82, 2.24) is 15.3 Å². The van der Waals surface area contributed by atoms with Crippen molar-refractivity contribution in [3.8, 4) is 5.75 Å². The summed E-state index contributed by atoms with van der Waals surface area (Å²) in [5.41, 5.74) is 5.57. The summed E-state index contributed by atoms with van der Waals surface area (Å²) < 4.78 is 5.47. The lowest BCUT2D eigenvalue weighted by molar-refractivity contribution is 0.142. The van der Waals surface area contributed by atoms with Gasteiger partial charge >= 0.3 is 0 Å². The number of hydrogen-bond donors (Lipinski definition) is 2. The zero-order valence-electron chi connectivity index (χ0n) is 6.83. The maximum atomic E-state index is 5.78. The van der Waals surface area contributed by atoms with Gasteiger partial charge in [-0.15, -0.1) is 0 Å². The Morgan fingerprint density at radius 2 is 2.31 bits per heavy atom. The Morgan fingerprint density at radius 3 is 2.85 bits per heavy atom. The molecule has 0 aromatic carbocycles. The van der Waals surface area contributed by atoms with E-state index in [4.69, 9.17) is 22.1 Å². The first kappa shape index (κ1) is 8.52. The van der Waals surface area contributed by atoms with Gasteiger partial charge in [-0.25, -0.2) is 9.97 Å². The molecule has 1 saturated heterocycles. The molecular weight excluding hydrogens is 192 g/mol. The summed E-state index contributed by atoms with van der Waals surface area (Å²) in [6.45, 7) is 1.62. The molecule has 0 radical (unpaired) electrons. The Bertz CT molecular complexity index is 295. The van der Waals surface area contributed by atoms with Crippen LogP contribution in [0.2, 0.25) is 5.15 Å². The number of anilines is 1. The molecule has 0 aliphatic carbocycles. The fraction of sp³-hybridized carbons (Fsp3) is 0.429. The van der Waals surface area contributed by atoms with Gasteiger partial charge < -0.3 is 15.8 Å². The van der Waals surface area contributed by atoms with Crippen molar-refractivity contribution in [1.29, 1.82) is 0 Å². The molecule has 0 atom stereocenters. The summed E-state index contributed by atoms with van der Waals surface area (Å²) in [6, 6.07) is 0. The average Bonchev–Trinajstić information content (AvgIpc) is 2.00. The van der Waals surface area contributed by atoms with Crippen LogP contribution in [-0.2, 0) is 0 Å². The number of ether oxygens (including phenoxy) is 1. The highest BCUT2D eigenvalue weighted by Crippen LogP contribution is 2.27. The molecule has 2 rings (SSSR count). The van der Waals surface area contributed by atoms with Crippen molar-refractivity contribution < 1.29 is 4.74 Å². The first-order valence-electron chi connectivity index (χ1n) is 3.90. The molecule has 13 heavy (non-hydrogen) atoms. The van der Waals surface area contributed by atoms with Gasteiger partial charge in [-0.3, -0.25) is 0 Å². The summed E-state index contributed by atoms with van der Waals surface area (Å²) >= 11 is 5.78. The van der Waals surface area contributed by atoms with Crippen LogP contribution in [0.25, 0.3) is 0 Å². The van der Waals surface area contributed by atoms with Crippen LogP contribution < -0.4 is 15.8 Å². The van der Waals surface area contributed by atoms with E-state index in [0.717, 1.165) is 13.1 Å². The van der Waals surface area contributed by atoms with Crippen LogP contribution in [0.5, 0.6) is 5.75 Å². The van der Waals surface area contributed by atoms with Crippen molar-refractivity contribution in [2.75, 3.05) is 18.8 Å². The molecule has 0 saturated carbocycles. The fourth-order valence-electron chi connectivity index (χ4n) is 0.986. The predicted molar refractivity (Wildman–Crippen MR) is 48.7 cm³/mol. The molecule has 0 spiro atoms. The van der Waals surface area contributed by atoms with E-state index >= 15 is 0 Å². The monoisotopic (exact) mass is 200 g/mol. The first-order valence-corrected chi connectivity index (χ1v) is 4.28. The number of halogens is 1. The minimum Gasteiger partial charge on any atom is -0.481 e. The second-order valence-corrected chi connectivity index (χ2v) is 3.13. The first-order chi connectivity index (χ1) is 6.27. The highest BCUT2D eigenvalue weighted by molar-refractivity contribution is 6.31. The van der Waals surface area contributed by atoms with Gasteiger partial charge in [0.2, 0.25) is 0 Å². The topological polar surface area (TPSA) is 73.1 Å². The Labute approximate surface area is 80.3 Å². The van der Waals surface area contributed by atoms with E-state index < -0.39 is 0 Å². The van der Waals surface area contributed by atoms with Crippen LogP contribution in [0.15, 0.2) is 6.33 Å². The van der Waals surface area contributed by atoms with E-state index in [2.05, 4.69) is 15.3 Å². The van der Waals surface area contributed by atoms with E-state index in [1.54, 1.807) is 0 Å². The summed E-state index contributed by atoms with van der Waals surface area (Å²) in [7, 11) is 0. The minimum absolute atomic E-state index is 0.130. The van der Waals surface area contributed by atoms with Crippen molar-refractivity contribution >= 4 is 17.4 Å². The molecule has 1 fully saturated rings. The third-order valence-electron chi connectivity index (χ3n) is 1.82. The zero-order chi connectivity index (χ0) is 9.26. The van der Waals surface area contributed by atoms with E-state index in [-0.39, 0.29) is 17.1 Å². The van der Waals surface area contributed by atoms with Gasteiger partial charge in [0.25, 0.3) is 0 Å². The van der Waals surface area contributed by atoms with Crippen molar-refractivity contribution in [3.63, 3.8) is 0 Å². The number of nitrogens with zero attached hydrogens (tertiary/aromatic N) is 2. The lowest BCUT2D eigenvalue weighted by atomic mass is 10.2. The van der Waals surface area contributed by atoms with E-state index in [1.165, 1.54) is 6.33 Å². The largest absolute Gasteiger partial charge is 0.481 e. The standard InChI is InChI=1S/C7H9ClN4O/c8-6-5(7(9)12-3-11-6)13-4-1-10-2-4/h3-4,10H,1-2H2,(H2,9,11,12). The molecule has 3 N–H and O–H groups in total. The molecule has 0 amide bonds. The fourth-order valence-corrected chi connectivity index (χ4v) is 1.17. The molecule has 1 aliphatic rings. The van der Waals surface area contributed by atoms with Gasteiger partial charge in [-0.1, -0.05) is 11.6 Å². The maximum absolute atomic E-state index is 5.78. The molecule has 6 heteroatoms. The third-order valence-corrected chi connectivity index (χ3v) is 2.09. The van der Waals surface area contributed by atoms with E-state index in [0.29, 0.717) is 5.75 Å². The van der Waals surface area contributed by atoms with E-state index in [1.807, 2.05) is 0 Å².